The van der Waals surface area contributed by atoms with Crippen molar-refractivity contribution in [2.45, 2.75) is 114 Å². The quantitative estimate of drug-likeness (QED) is 0.331. The SMILES string of the molecule is CC(C)CCOC(C)C(C)(C)C(C)COC(C)(C)C(C)(C)CCOC(C)C. The number of hydrogen-bond donors (Lipinski definition) is 0. The maximum atomic E-state index is 6.48. The van der Waals surface area contributed by atoms with Crippen molar-refractivity contribution in [3.8, 4) is 0 Å². The minimum absolute atomic E-state index is 0.0468. The van der Waals surface area contributed by atoms with Gasteiger partial charge in [-0.1, -0.05) is 48.5 Å². The number of rotatable bonds is 14. The topological polar surface area (TPSA) is 27.7 Å². The minimum Gasteiger partial charge on any atom is -0.379 e. The van der Waals surface area contributed by atoms with Gasteiger partial charge in [-0.05, 0) is 70.1 Å². The van der Waals surface area contributed by atoms with Crippen LogP contribution < -0.4 is 0 Å². The molecule has 0 aromatic heterocycles. The Labute approximate surface area is 170 Å². The smallest absolute Gasteiger partial charge is 0.0678 e. The standard InChI is InChI=1S/C24H50O3/c1-18(2)13-15-26-21(6)23(9,10)20(5)17-27-24(11,12)22(7,8)14-16-25-19(3)4/h18-21H,13-17H2,1-12H3. The van der Waals surface area contributed by atoms with Gasteiger partial charge in [0.1, 0.15) is 0 Å². The Hall–Kier alpha value is -0.120. The second-order valence-corrected chi connectivity index (χ2v) is 10.8. The van der Waals surface area contributed by atoms with Gasteiger partial charge in [-0.3, -0.25) is 0 Å². The normalized spacial score (nSPS) is 16.2. The third-order valence-corrected chi connectivity index (χ3v) is 6.88. The summed E-state index contributed by atoms with van der Waals surface area (Å²) in [5.74, 6) is 1.09. The Morgan fingerprint density at radius 1 is 0.741 bits per heavy atom. The van der Waals surface area contributed by atoms with E-state index >= 15 is 0 Å². The second-order valence-electron chi connectivity index (χ2n) is 10.8. The first kappa shape index (κ1) is 26.9. The highest BCUT2D eigenvalue weighted by Gasteiger charge is 2.40. The molecule has 0 aromatic carbocycles. The second kappa shape index (κ2) is 11.2. The fraction of sp³-hybridized carbons (Fsp3) is 1.00. The molecule has 0 saturated heterocycles. The van der Waals surface area contributed by atoms with Gasteiger partial charge in [0, 0.05) is 13.2 Å². The van der Waals surface area contributed by atoms with E-state index < -0.39 is 0 Å². The molecule has 2 unspecified atom stereocenters. The summed E-state index contributed by atoms with van der Waals surface area (Å²) in [7, 11) is 0. The summed E-state index contributed by atoms with van der Waals surface area (Å²) < 4.78 is 18.4. The summed E-state index contributed by atoms with van der Waals surface area (Å²) >= 11 is 0. The van der Waals surface area contributed by atoms with Crippen LogP contribution >= 0.6 is 0 Å². The lowest BCUT2D eigenvalue weighted by Gasteiger charge is -2.44. The number of ether oxygens (including phenoxy) is 3. The average molecular weight is 387 g/mol. The predicted molar refractivity (Wildman–Crippen MR) is 117 cm³/mol. The van der Waals surface area contributed by atoms with Gasteiger partial charge in [0.2, 0.25) is 0 Å². The van der Waals surface area contributed by atoms with Gasteiger partial charge in [0.25, 0.3) is 0 Å². The lowest BCUT2D eigenvalue weighted by Crippen LogP contribution is -2.45. The molecule has 2 atom stereocenters. The zero-order valence-electron chi connectivity index (χ0n) is 20.6. The van der Waals surface area contributed by atoms with Crippen molar-refractivity contribution in [1.29, 1.82) is 0 Å². The van der Waals surface area contributed by atoms with Crippen molar-refractivity contribution in [2.24, 2.45) is 22.7 Å². The van der Waals surface area contributed by atoms with Gasteiger partial charge in [-0.15, -0.1) is 0 Å². The van der Waals surface area contributed by atoms with Crippen LogP contribution in [0.25, 0.3) is 0 Å². The van der Waals surface area contributed by atoms with Crippen LogP contribution in [0.5, 0.6) is 0 Å². The number of hydrogen-bond acceptors (Lipinski definition) is 3. The van der Waals surface area contributed by atoms with E-state index in [0.717, 1.165) is 32.7 Å². The van der Waals surface area contributed by atoms with Gasteiger partial charge < -0.3 is 14.2 Å². The first-order chi connectivity index (χ1) is 12.1. The van der Waals surface area contributed by atoms with Crippen molar-refractivity contribution in [3.05, 3.63) is 0 Å². The molecule has 0 aliphatic rings. The maximum Gasteiger partial charge on any atom is 0.0678 e. The van der Waals surface area contributed by atoms with E-state index in [-0.39, 0.29) is 28.6 Å². The van der Waals surface area contributed by atoms with Crippen LogP contribution in [0.1, 0.15) is 95.9 Å². The molecule has 0 bridgehead atoms. The highest BCUT2D eigenvalue weighted by atomic mass is 16.5. The summed E-state index contributed by atoms with van der Waals surface area (Å²) in [5.41, 5.74) is -0.0947. The Bertz CT molecular complexity index is 396. The van der Waals surface area contributed by atoms with Crippen LogP contribution in [0, 0.1) is 22.7 Å². The van der Waals surface area contributed by atoms with Gasteiger partial charge in [0.15, 0.2) is 0 Å². The van der Waals surface area contributed by atoms with Gasteiger partial charge in [0.05, 0.1) is 24.4 Å². The Kier molecular flexibility index (Phi) is 11.1. The van der Waals surface area contributed by atoms with Crippen LogP contribution in [0.3, 0.4) is 0 Å². The van der Waals surface area contributed by atoms with Crippen molar-refractivity contribution in [2.75, 3.05) is 19.8 Å². The monoisotopic (exact) mass is 386 g/mol. The summed E-state index contributed by atoms with van der Waals surface area (Å²) in [6.45, 7) is 29.1. The van der Waals surface area contributed by atoms with Crippen molar-refractivity contribution in [3.63, 3.8) is 0 Å². The highest BCUT2D eigenvalue weighted by molar-refractivity contribution is 4.89. The molecule has 3 heteroatoms. The first-order valence-electron chi connectivity index (χ1n) is 11.0. The van der Waals surface area contributed by atoms with Crippen LogP contribution in [0.4, 0.5) is 0 Å². The molecule has 0 saturated carbocycles. The third kappa shape index (κ3) is 9.28. The molecule has 0 heterocycles. The molecule has 0 fully saturated rings. The fourth-order valence-electron chi connectivity index (χ4n) is 2.69. The van der Waals surface area contributed by atoms with E-state index in [9.17, 15) is 0 Å². The third-order valence-electron chi connectivity index (χ3n) is 6.88. The molecule has 0 rings (SSSR count). The lowest BCUT2D eigenvalue weighted by atomic mass is 9.73. The largest absolute Gasteiger partial charge is 0.379 e. The van der Waals surface area contributed by atoms with Crippen LogP contribution in [-0.4, -0.2) is 37.6 Å². The summed E-state index contributed by atoms with van der Waals surface area (Å²) in [5, 5.41) is 0. The first-order valence-corrected chi connectivity index (χ1v) is 11.0. The maximum absolute atomic E-state index is 6.48. The predicted octanol–water partition coefficient (Wildman–Crippen LogP) is 6.74. The minimum atomic E-state index is -0.209. The zero-order chi connectivity index (χ0) is 21.5. The summed E-state index contributed by atoms with van der Waals surface area (Å²) in [6.07, 6.45) is 2.60. The Balaban J connectivity index is 4.66. The van der Waals surface area contributed by atoms with Crippen LogP contribution in [-0.2, 0) is 14.2 Å². The molecule has 27 heavy (non-hydrogen) atoms. The zero-order valence-corrected chi connectivity index (χ0v) is 20.6. The fourth-order valence-corrected chi connectivity index (χ4v) is 2.69. The summed E-state index contributed by atoms with van der Waals surface area (Å²) in [4.78, 5) is 0. The molecule has 0 aliphatic heterocycles. The molecular weight excluding hydrogens is 336 g/mol. The van der Waals surface area contributed by atoms with Crippen LogP contribution in [0.15, 0.2) is 0 Å². The molecule has 0 N–H and O–H groups in total. The molecule has 0 aromatic rings. The molecule has 0 radical (unpaired) electrons. The van der Waals surface area contributed by atoms with Crippen molar-refractivity contribution in [1.82, 2.24) is 0 Å². The van der Waals surface area contributed by atoms with E-state index in [0.29, 0.717) is 11.8 Å². The molecular formula is C24H50O3. The van der Waals surface area contributed by atoms with Crippen LogP contribution in [0.2, 0.25) is 0 Å². The van der Waals surface area contributed by atoms with E-state index in [1.807, 2.05) is 0 Å². The van der Waals surface area contributed by atoms with Gasteiger partial charge in [-0.25, -0.2) is 0 Å². The van der Waals surface area contributed by atoms with E-state index in [4.69, 9.17) is 14.2 Å². The Morgan fingerprint density at radius 3 is 1.78 bits per heavy atom. The van der Waals surface area contributed by atoms with E-state index in [2.05, 4.69) is 83.1 Å². The molecule has 0 amide bonds. The van der Waals surface area contributed by atoms with Gasteiger partial charge >= 0.3 is 0 Å². The average Bonchev–Trinajstić information content (AvgIpc) is 2.51. The molecule has 164 valence electrons. The van der Waals surface area contributed by atoms with Gasteiger partial charge in [-0.2, -0.15) is 0 Å². The van der Waals surface area contributed by atoms with E-state index in [1.165, 1.54) is 0 Å². The van der Waals surface area contributed by atoms with Crippen molar-refractivity contribution >= 4 is 0 Å². The highest BCUT2D eigenvalue weighted by Crippen LogP contribution is 2.39. The molecule has 0 spiro atoms. The molecule has 3 nitrogen and oxygen atoms in total. The Morgan fingerprint density at radius 2 is 1.30 bits per heavy atom. The van der Waals surface area contributed by atoms with Crippen molar-refractivity contribution < 1.29 is 14.2 Å². The lowest BCUT2D eigenvalue weighted by molar-refractivity contribution is -0.138. The summed E-state index contributed by atoms with van der Waals surface area (Å²) in [6, 6.07) is 0. The van der Waals surface area contributed by atoms with E-state index in [1.54, 1.807) is 0 Å². The molecule has 0 aliphatic carbocycles.